The molecule has 0 aromatic rings. The van der Waals surface area contributed by atoms with Crippen LogP contribution in [0.25, 0.3) is 0 Å². The molecular formula is C14H30N2O. The second-order valence-electron chi connectivity index (χ2n) is 5.47. The van der Waals surface area contributed by atoms with E-state index in [9.17, 15) is 4.79 Å². The van der Waals surface area contributed by atoms with Crippen LogP contribution >= 0.6 is 0 Å². The summed E-state index contributed by atoms with van der Waals surface area (Å²) in [5, 5.41) is 6.43. The molecule has 102 valence electrons. The first-order chi connectivity index (χ1) is 7.96. The molecule has 0 saturated carbocycles. The molecule has 3 nitrogen and oxygen atoms in total. The van der Waals surface area contributed by atoms with E-state index in [4.69, 9.17) is 0 Å². The summed E-state index contributed by atoms with van der Waals surface area (Å²) in [6, 6.07) is 0. The van der Waals surface area contributed by atoms with Gasteiger partial charge < -0.3 is 10.6 Å². The molecule has 0 aromatic heterocycles. The van der Waals surface area contributed by atoms with Crippen molar-refractivity contribution in [3.63, 3.8) is 0 Å². The fourth-order valence-electron chi connectivity index (χ4n) is 1.68. The average molecular weight is 242 g/mol. The van der Waals surface area contributed by atoms with Crippen LogP contribution in [0, 0.1) is 5.92 Å². The van der Waals surface area contributed by atoms with Gasteiger partial charge in [-0.25, -0.2) is 0 Å². The molecule has 0 fully saturated rings. The van der Waals surface area contributed by atoms with Crippen LogP contribution in [0.2, 0.25) is 0 Å². The van der Waals surface area contributed by atoms with Crippen LogP contribution in [0.1, 0.15) is 60.3 Å². The van der Waals surface area contributed by atoms with Crippen molar-refractivity contribution >= 4 is 5.91 Å². The summed E-state index contributed by atoms with van der Waals surface area (Å²) in [4.78, 5) is 12.2. The SMILES string of the molecule is CCCCC(C)(NCC(C)C)C(=O)NCCC. The molecule has 1 amide bonds. The zero-order valence-corrected chi connectivity index (χ0v) is 12.2. The third kappa shape index (κ3) is 6.67. The Morgan fingerprint density at radius 1 is 1.24 bits per heavy atom. The second-order valence-corrected chi connectivity index (χ2v) is 5.47. The summed E-state index contributed by atoms with van der Waals surface area (Å²) >= 11 is 0. The van der Waals surface area contributed by atoms with Crippen molar-refractivity contribution in [1.82, 2.24) is 10.6 Å². The van der Waals surface area contributed by atoms with Gasteiger partial charge in [0.25, 0.3) is 0 Å². The zero-order chi connectivity index (χ0) is 13.3. The third-order valence-corrected chi connectivity index (χ3v) is 2.97. The van der Waals surface area contributed by atoms with E-state index < -0.39 is 5.54 Å². The van der Waals surface area contributed by atoms with Gasteiger partial charge in [-0.1, -0.05) is 40.5 Å². The van der Waals surface area contributed by atoms with Gasteiger partial charge in [-0.05, 0) is 32.2 Å². The minimum Gasteiger partial charge on any atom is -0.355 e. The van der Waals surface area contributed by atoms with Crippen LogP contribution in [0.5, 0.6) is 0 Å². The minimum absolute atomic E-state index is 0.147. The van der Waals surface area contributed by atoms with Crippen LogP contribution in [0.15, 0.2) is 0 Å². The maximum absolute atomic E-state index is 12.2. The molecule has 0 aliphatic rings. The fraction of sp³-hybridized carbons (Fsp3) is 0.929. The predicted molar refractivity (Wildman–Crippen MR) is 74.1 cm³/mol. The summed E-state index contributed by atoms with van der Waals surface area (Å²) < 4.78 is 0. The monoisotopic (exact) mass is 242 g/mol. The molecule has 0 aromatic carbocycles. The van der Waals surface area contributed by atoms with E-state index in [-0.39, 0.29) is 5.91 Å². The van der Waals surface area contributed by atoms with Crippen molar-refractivity contribution in [1.29, 1.82) is 0 Å². The first-order valence-electron chi connectivity index (χ1n) is 6.99. The molecule has 1 atom stereocenters. The van der Waals surface area contributed by atoms with Crippen LogP contribution in [-0.4, -0.2) is 24.5 Å². The Labute approximate surface area is 107 Å². The molecule has 0 aliphatic carbocycles. The van der Waals surface area contributed by atoms with Gasteiger partial charge in [0.15, 0.2) is 0 Å². The largest absolute Gasteiger partial charge is 0.355 e. The predicted octanol–water partition coefficient (Wildman–Crippen LogP) is 2.71. The van der Waals surface area contributed by atoms with Gasteiger partial charge in [-0.2, -0.15) is 0 Å². The molecule has 17 heavy (non-hydrogen) atoms. The Hall–Kier alpha value is -0.570. The fourth-order valence-corrected chi connectivity index (χ4v) is 1.68. The standard InChI is InChI=1S/C14H30N2O/c1-6-8-9-14(5,16-11-12(3)4)13(17)15-10-7-2/h12,16H,6-11H2,1-5H3,(H,15,17). The van der Waals surface area contributed by atoms with Crippen LogP contribution in [-0.2, 0) is 4.79 Å². The van der Waals surface area contributed by atoms with Gasteiger partial charge in [0.05, 0.1) is 5.54 Å². The number of carbonyl (C=O) groups is 1. The quantitative estimate of drug-likeness (QED) is 0.653. The van der Waals surface area contributed by atoms with E-state index in [1.807, 2.05) is 6.92 Å². The first kappa shape index (κ1) is 16.4. The highest BCUT2D eigenvalue weighted by Crippen LogP contribution is 2.15. The summed E-state index contributed by atoms with van der Waals surface area (Å²) in [6.45, 7) is 12.2. The van der Waals surface area contributed by atoms with Crippen molar-refractivity contribution in [3.8, 4) is 0 Å². The summed E-state index contributed by atoms with van der Waals surface area (Å²) in [5.41, 5.74) is -0.407. The van der Waals surface area contributed by atoms with Gasteiger partial charge >= 0.3 is 0 Å². The second kappa shape index (κ2) is 8.51. The van der Waals surface area contributed by atoms with Crippen molar-refractivity contribution in [2.75, 3.05) is 13.1 Å². The molecule has 0 bridgehead atoms. The molecular weight excluding hydrogens is 212 g/mol. The van der Waals surface area contributed by atoms with E-state index in [2.05, 4.69) is 38.3 Å². The van der Waals surface area contributed by atoms with E-state index in [0.29, 0.717) is 5.92 Å². The molecule has 3 heteroatoms. The number of hydrogen-bond acceptors (Lipinski definition) is 2. The topological polar surface area (TPSA) is 41.1 Å². The van der Waals surface area contributed by atoms with E-state index in [1.54, 1.807) is 0 Å². The number of nitrogens with one attached hydrogen (secondary N) is 2. The number of unbranched alkanes of at least 4 members (excludes halogenated alkanes) is 1. The Morgan fingerprint density at radius 3 is 2.35 bits per heavy atom. The molecule has 0 saturated heterocycles. The molecule has 0 spiro atoms. The normalized spacial score (nSPS) is 14.7. The lowest BCUT2D eigenvalue weighted by molar-refractivity contribution is -0.127. The van der Waals surface area contributed by atoms with Crippen molar-refractivity contribution in [2.24, 2.45) is 5.92 Å². The highest BCUT2D eigenvalue weighted by atomic mass is 16.2. The van der Waals surface area contributed by atoms with Gasteiger partial charge in [-0.3, -0.25) is 4.79 Å². The summed E-state index contributed by atoms with van der Waals surface area (Å²) in [7, 11) is 0. The lowest BCUT2D eigenvalue weighted by Gasteiger charge is -2.30. The zero-order valence-electron chi connectivity index (χ0n) is 12.2. The van der Waals surface area contributed by atoms with Crippen molar-refractivity contribution < 1.29 is 4.79 Å². The lowest BCUT2D eigenvalue weighted by Crippen LogP contribution is -2.55. The molecule has 1 unspecified atom stereocenters. The van der Waals surface area contributed by atoms with E-state index >= 15 is 0 Å². The maximum Gasteiger partial charge on any atom is 0.240 e. The molecule has 2 N–H and O–H groups in total. The van der Waals surface area contributed by atoms with E-state index in [1.165, 1.54) is 0 Å². The lowest BCUT2D eigenvalue weighted by atomic mass is 9.93. The van der Waals surface area contributed by atoms with Gasteiger partial charge in [0, 0.05) is 6.54 Å². The van der Waals surface area contributed by atoms with Gasteiger partial charge in [0.1, 0.15) is 0 Å². The Morgan fingerprint density at radius 2 is 1.88 bits per heavy atom. The summed E-state index contributed by atoms with van der Waals surface area (Å²) in [5.74, 6) is 0.711. The van der Waals surface area contributed by atoms with Crippen molar-refractivity contribution in [3.05, 3.63) is 0 Å². The summed E-state index contributed by atoms with van der Waals surface area (Å²) in [6.07, 6.45) is 4.10. The van der Waals surface area contributed by atoms with E-state index in [0.717, 1.165) is 38.8 Å². The average Bonchev–Trinajstić information content (AvgIpc) is 2.30. The maximum atomic E-state index is 12.2. The van der Waals surface area contributed by atoms with Crippen LogP contribution < -0.4 is 10.6 Å². The number of hydrogen-bond donors (Lipinski definition) is 2. The van der Waals surface area contributed by atoms with Gasteiger partial charge in [0.2, 0.25) is 5.91 Å². The third-order valence-electron chi connectivity index (χ3n) is 2.97. The van der Waals surface area contributed by atoms with Crippen molar-refractivity contribution in [2.45, 2.75) is 65.8 Å². The molecule has 0 aliphatic heterocycles. The number of carbonyl (C=O) groups excluding carboxylic acids is 1. The highest BCUT2D eigenvalue weighted by molar-refractivity contribution is 5.85. The smallest absolute Gasteiger partial charge is 0.240 e. The first-order valence-corrected chi connectivity index (χ1v) is 6.99. The molecule has 0 radical (unpaired) electrons. The number of amides is 1. The Kier molecular flexibility index (Phi) is 8.23. The molecule has 0 rings (SSSR count). The Balaban J connectivity index is 4.40. The number of rotatable bonds is 9. The van der Waals surface area contributed by atoms with Crippen LogP contribution in [0.3, 0.4) is 0 Å². The minimum atomic E-state index is -0.407. The Bertz CT molecular complexity index is 216. The van der Waals surface area contributed by atoms with Gasteiger partial charge in [-0.15, -0.1) is 0 Å². The van der Waals surface area contributed by atoms with Crippen LogP contribution in [0.4, 0.5) is 0 Å². The highest BCUT2D eigenvalue weighted by Gasteiger charge is 2.31. The molecule has 0 heterocycles.